The third-order valence-corrected chi connectivity index (χ3v) is 2.57. The summed E-state index contributed by atoms with van der Waals surface area (Å²) in [6, 6.07) is 3.58. The first-order chi connectivity index (χ1) is 6.91. The molecule has 0 saturated carbocycles. The summed E-state index contributed by atoms with van der Waals surface area (Å²) in [5.41, 5.74) is 7.37. The highest BCUT2D eigenvalue weighted by Crippen LogP contribution is 2.26. The maximum atomic E-state index is 13.6. The average Bonchev–Trinajstić information content (AvgIpc) is 2.09. The smallest absolute Gasteiger partial charge is 0.145 e. The first-order valence-electron chi connectivity index (χ1n) is 5.15. The normalized spacial score (nSPS) is 13.3. The summed E-state index contributed by atoms with van der Waals surface area (Å²) in [5, 5.41) is 0.192. The van der Waals surface area contributed by atoms with Crippen LogP contribution in [0.3, 0.4) is 0 Å². The van der Waals surface area contributed by atoms with Crippen LogP contribution in [0.15, 0.2) is 12.1 Å². The van der Waals surface area contributed by atoms with Gasteiger partial charge in [0.1, 0.15) is 5.82 Å². The lowest BCUT2D eigenvalue weighted by atomic mass is 9.97. The topological polar surface area (TPSA) is 26.0 Å². The van der Waals surface area contributed by atoms with Crippen molar-refractivity contribution in [3.05, 3.63) is 34.1 Å². The molecular formula is C12H17ClFN. The molecule has 0 aliphatic carbocycles. The summed E-state index contributed by atoms with van der Waals surface area (Å²) in [4.78, 5) is 0. The van der Waals surface area contributed by atoms with Crippen molar-refractivity contribution in [1.29, 1.82) is 0 Å². The Morgan fingerprint density at radius 2 is 1.93 bits per heavy atom. The Morgan fingerprint density at radius 1 is 1.33 bits per heavy atom. The second kappa shape index (κ2) is 4.95. The molecule has 1 aromatic rings. The number of hydrogen-bond donors (Lipinski definition) is 1. The summed E-state index contributed by atoms with van der Waals surface area (Å²) < 4.78 is 13.6. The van der Waals surface area contributed by atoms with E-state index in [1.807, 2.05) is 26.8 Å². The molecule has 1 aromatic carbocycles. The molecule has 0 aromatic heterocycles. The minimum Gasteiger partial charge on any atom is -0.328 e. The fraction of sp³-hybridized carbons (Fsp3) is 0.500. The van der Waals surface area contributed by atoms with Crippen molar-refractivity contribution in [2.75, 3.05) is 0 Å². The highest BCUT2D eigenvalue weighted by molar-refractivity contribution is 6.30. The van der Waals surface area contributed by atoms with E-state index in [9.17, 15) is 4.39 Å². The summed E-state index contributed by atoms with van der Waals surface area (Å²) in [6.07, 6.45) is 0.722. The molecule has 1 rings (SSSR count). The van der Waals surface area contributed by atoms with Crippen LogP contribution in [-0.4, -0.2) is 6.04 Å². The molecule has 15 heavy (non-hydrogen) atoms. The molecule has 0 aliphatic heterocycles. The zero-order chi connectivity index (χ0) is 11.6. The molecule has 0 radical (unpaired) electrons. The Hall–Kier alpha value is -0.600. The highest BCUT2D eigenvalue weighted by Gasteiger charge is 2.12. The van der Waals surface area contributed by atoms with Crippen LogP contribution in [0, 0.1) is 5.82 Å². The summed E-state index contributed by atoms with van der Waals surface area (Å²) in [5.74, 6) is -0.171. The van der Waals surface area contributed by atoms with Crippen LogP contribution in [0.2, 0.25) is 5.02 Å². The van der Waals surface area contributed by atoms with E-state index in [0.29, 0.717) is 5.56 Å². The van der Waals surface area contributed by atoms with Gasteiger partial charge in [-0.2, -0.15) is 0 Å². The molecule has 2 N–H and O–H groups in total. The van der Waals surface area contributed by atoms with Gasteiger partial charge in [0.05, 0.1) is 5.02 Å². The van der Waals surface area contributed by atoms with Crippen LogP contribution in [0.1, 0.15) is 37.8 Å². The largest absolute Gasteiger partial charge is 0.328 e. The second-order valence-corrected chi connectivity index (χ2v) is 4.72. The highest BCUT2D eigenvalue weighted by atomic mass is 35.5. The number of halogens is 2. The van der Waals surface area contributed by atoms with Gasteiger partial charge in [0.2, 0.25) is 0 Å². The fourth-order valence-electron chi connectivity index (χ4n) is 1.58. The van der Waals surface area contributed by atoms with Gasteiger partial charge in [-0.05, 0) is 36.5 Å². The third kappa shape index (κ3) is 3.18. The van der Waals surface area contributed by atoms with E-state index in [-0.39, 0.29) is 22.8 Å². The summed E-state index contributed by atoms with van der Waals surface area (Å²) in [7, 11) is 0. The Labute approximate surface area is 95.4 Å². The van der Waals surface area contributed by atoms with Gasteiger partial charge < -0.3 is 5.73 Å². The van der Waals surface area contributed by atoms with Crippen LogP contribution in [-0.2, 0) is 6.42 Å². The van der Waals surface area contributed by atoms with Gasteiger partial charge in [-0.1, -0.05) is 31.5 Å². The molecule has 0 amide bonds. The first-order valence-corrected chi connectivity index (χ1v) is 5.53. The van der Waals surface area contributed by atoms with Gasteiger partial charge in [0.15, 0.2) is 0 Å². The van der Waals surface area contributed by atoms with E-state index < -0.39 is 0 Å². The van der Waals surface area contributed by atoms with E-state index >= 15 is 0 Å². The molecular weight excluding hydrogens is 213 g/mol. The number of nitrogens with two attached hydrogens (primary N) is 1. The summed E-state index contributed by atoms with van der Waals surface area (Å²) >= 11 is 5.83. The van der Waals surface area contributed by atoms with E-state index in [1.165, 1.54) is 0 Å². The number of hydrogen-bond acceptors (Lipinski definition) is 1. The Kier molecular flexibility index (Phi) is 4.12. The van der Waals surface area contributed by atoms with E-state index in [2.05, 4.69) is 0 Å². The lowest BCUT2D eigenvalue weighted by Crippen LogP contribution is -2.18. The molecule has 0 heterocycles. The van der Waals surface area contributed by atoms with Crippen LogP contribution in [0.4, 0.5) is 4.39 Å². The van der Waals surface area contributed by atoms with Crippen molar-refractivity contribution in [2.24, 2.45) is 5.73 Å². The predicted octanol–water partition coefficient (Wildman–Crippen LogP) is 3.49. The molecule has 1 nitrogen and oxygen atoms in total. The Morgan fingerprint density at radius 3 is 2.40 bits per heavy atom. The van der Waals surface area contributed by atoms with E-state index in [4.69, 9.17) is 17.3 Å². The monoisotopic (exact) mass is 229 g/mol. The molecule has 0 aliphatic rings. The Bertz CT molecular complexity index is 348. The quantitative estimate of drug-likeness (QED) is 0.844. The lowest BCUT2D eigenvalue weighted by Gasteiger charge is -2.12. The van der Waals surface area contributed by atoms with Gasteiger partial charge in [-0.15, -0.1) is 0 Å². The van der Waals surface area contributed by atoms with Gasteiger partial charge in [-0.25, -0.2) is 4.39 Å². The lowest BCUT2D eigenvalue weighted by molar-refractivity contribution is 0.596. The van der Waals surface area contributed by atoms with Gasteiger partial charge in [0, 0.05) is 6.04 Å². The molecule has 0 saturated heterocycles. The van der Waals surface area contributed by atoms with Gasteiger partial charge in [0.25, 0.3) is 0 Å². The van der Waals surface area contributed by atoms with Crippen molar-refractivity contribution >= 4 is 11.6 Å². The van der Waals surface area contributed by atoms with Crippen LogP contribution in [0.5, 0.6) is 0 Å². The van der Waals surface area contributed by atoms with Crippen LogP contribution in [0.25, 0.3) is 0 Å². The van der Waals surface area contributed by atoms with Crippen molar-refractivity contribution in [3.8, 4) is 0 Å². The molecule has 1 unspecified atom stereocenters. The van der Waals surface area contributed by atoms with Crippen molar-refractivity contribution < 1.29 is 4.39 Å². The fourth-order valence-corrected chi connectivity index (χ4v) is 1.83. The number of rotatable bonds is 3. The predicted molar refractivity (Wildman–Crippen MR) is 62.9 cm³/mol. The SMILES string of the molecule is CC(N)Cc1cc(Cl)c(F)c(C(C)C)c1. The first kappa shape index (κ1) is 12.5. The maximum Gasteiger partial charge on any atom is 0.145 e. The molecule has 0 bridgehead atoms. The summed E-state index contributed by atoms with van der Waals surface area (Å²) in [6.45, 7) is 5.82. The number of benzene rings is 1. The minimum atomic E-state index is -0.305. The third-order valence-electron chi connectivity index (χ3n) is 2.30. The van der Waals surface area contributed by atoms with Crippen molar-refractivity contribution in [2.45, 2.75) is 39.2 Å². The van der Waals surface area contributed by atoms with E-state index in [1.54, 1.807) is 6.07 Å². The molecule has 1 atom stereocenters. The van der Waals surface area contributed by atoms with E-state index in [0.717, 1.165) is 12.0 Å². The standard InChI is InChI=1S/C12H17ClFN/c1-7(2)10-5-9(4-8(3)15)6-11(13)12(10)14/h5-8H,4,15H2,1-3H3. The molecule has 0 fully saturated rings. The van der Waals surface area contributed by atoms with Crippen molar-refractivity contribution in [3.63, 3.8) is 0 Å². The molecule has 0 spiro atoms. The van der Waals surface area contributed by atoms with Gasteiger partial charge >= 0.3 is 0 Å². The zero-order valence-corrected chi connectivity index (χ0v) is 10.1. The molecule has 84 valence electrons. The Balaban J connectivity index is 3.11. The average molecular weight is 230 g/mol. The second-order valence-electron chi connectivity index (χ2n) is 4.32. The minimum absolute atomic E-state index is 0.0616. The maximum absolute atomic E-state index is 13.6. The van der Waals surface area contributed by atoms with Crippen LogP contribution < -0.4 is 5.73 Å². The van der Waals surface area contributed by atoms with Crippen molar-refractivity contribution in [1.82, 2.24) is 0 Å². The van der Waals surface area contributed by atoms with Crippen LogP contribution >= 0.6 is 11.6 Å². The zero-order valence-electron chi connectivity index (χ0n) is 9.35. The van der Waals surface area contributed by atoms with Gasteiger partial charge in [-0.3, -0.25) is 0 Å². The molecule has 3 heteroatoms.